The summed E-state index contributed by atoms with van der Waals surface area (Å²) in [5.41, 5.74) is 1.14. The second-order valence-corrected chi connectivity index (χ2v) is 5.68. The smallest absolute Gasteiger partial charge is 0.231 e. The number of nitrogens with one attached hydrogen (secondary N) is 1. The Morgan fingerprint density at radius 3 is 3.00 bits per heavy atom. The first kappa shape index (κ1) is 13.6. The first-order chi connectivity index (χ1) is 9.85. The van der Waals surface area contributed by atoms with Gasteiger partial charge in [0.2, 0.25) is 6.79 Å². The number of rotatable bonds is 4. The largest absolute Gasteiger partial charge is 0.454 e. The minimum Gasteiger partial charge on any atom is -0.454 e. The predicted molar refractivity (Wildman–Crippen MR) is 80.6 cm³/mol. The topological polar surface area (TPSA) is 33.7 Å². The van der Waals surface area contributed by atoms with E-state index in [2.05, 4.69) is 29.3 Å². The Morgan fingerprint density at radius 2 is 2.10 bits per heavy atom. The highest BCUT2D eigenvalue weighted by Gasteiger charge is 2.18. The Labute approximate surface area is 121 Å². The van der Waals surface area contributed by atoms with Crippen LogP contribution in [0.15, 0.2) is 18.2 Å². The average Bonchev–Trinajstić information content (AvgIpc) is 2.81. The van der Waals surface area contributed by atoms with Crippen molar-refractivity contribution < 1.29 is 9.47 Å². The molecule has 1 aromatic rings. The van der Waals surface area contributed by atoms with Crippen molar-refractivity contribution in [2.24, 2.45) is 0 Å². The monoisotopic (exact) mass is 276 g/mol. The van der Waals surface area contributed by atoms with Crippen LogP contribution in [-0.2, 0) is 0 Å². The molecule has 0 aliphatic carbocycles. The highest BCUT2D eigenvalue weighted by Crippen LogP contribution is 2.34. The van der Waals surface area contributed by atoms with Gasteiger partial charge < -0.3 is 19.7 Å². The van der Waals surface area contributed by atoms with Gasteiger partial charge in [0.25, 0.3) is 0 Å². The van der Waals surface area contributed by atoms with Gasteiger partial charge in [-0.3, -0.25) is 0 Å². The normalized spacial score (nSPS) is 22.6. The molecule has 0 radical (unpaired) electrons. The molecule has 0 saturated carbocycles. The van der Waals surface area contributed by atoms with Crippen molar-refractivity contribution in [2.45, 2.75) is 38.6 Å². The molecule has 0 amide bonds. The van der Waals surface area contributed by atoms with Crippen LogP contribution < -0.4 is 14.8 Å². The minimum absolute atomic E-state index is 0.341. The summed E-state index contributed by atoms with van der Waals surface area (Å²) in [7, 11) is 0. The number of fused-ring (bicyclic) bond motifs is 1. The van der Waals surface area contributed by atoms with Crippen molar-refractivity contribution in [3.8, 4) is 11.5 Å². The maximum Gasteiger partial charge on any atom is 0.231 e. The van der Waals surface area contributed by atoms with Gasteiger partial charge >= 0.3 is 0 Å². The molecule has 1 N–H and O–H groups in total. The van der Waals surface area contributed by atoms with Gasteiger partial charge in [-0.25, -0.2) is 0 Å². The molecule has 2 aliphatic heterocycles. The van der Waals surface area contributed by atoms with Gasteiger partial charge in [-0.1, -0.05) is 6.92 Å². The highest BCUT2D eigenvalue weighted by molar-refractivity contribution is 5.56. The summed E-state index contributed by atoms with van der Waals surface area (Å²) in [6.07, 6.45) is 4.99. The third-order valence-corrected chi connectivity index (χ3v) is 4.10. The first-order valence-corrected chi connectivity index (χ1v) is 7.73. The summed E-state index contributed by atoms with van der Waals surface area (Å²) >= 11 is 0. The number of benzene rings is 1. The summed E-state index contributed by atoms with van der Waals surface area (Å²) in [6.45, 7) is 6.28. The molecular weight excluding hydrogens is 252 g/mol. The molecule has 1 aromatic carbocycles. The Hall–Kier alpha value is -1.42. The van der Waals surface area contributed by atoms with E-state index in [-0.39, 0.29) is 0 Å². The van der Waals surface area contributed by atoms with Gasteiger partial charge in [0.1, 0.15) is 0 Å². The molecule has 4 nitrogen and oxygen atoms in total. The number of hydrogen-bond acceptors (Lipinski definition) is 4. The second kappa shape index (κ2) is 6.35. The lowest BCUT2D eigenvalue weighted by atomic mass is 10.1. The van der Waals surface area contributed by atoms with E-state index in [0.29, 0.717) is 12.8 Å². The fourth-order valence-electron chi connectivity index (χ4n) is 3.06. The van der Waals surface area contributed by atoms with Crippen LogP contribution in [0.25, 0.3) is 0 Å². The fourth-order valence-corrected chi connectivity index (χ4v) is 3.06. The van der Waals surface area contributed by atoms with Crippen LogP contribution in [0.4, 0.5) is 5.69 Å². The molecule has 2 heterocycles. The maximum absolute atomic E-state index is 5.43. The van der Waals surface area contributed by atoms with Gasteiger partial charge in [0.15, 0.2) is 11.5 Å². The van der Waals surface area contributed by atoms with E-state index in [1.165, 1.54) is 45.3 Å². The van der Waals surface area contributed by atoms with Crippen molar-refractivity contribution in [1.29, 1.82) is 0 Å². The Morgan fingerprint density at radius 1 is 1.20 bits per heavy atom. The van der Waals surface area contributed by atoms with Crippen molar-refractivity contribution in [1.82, 2.24) is 4.90 Å². The third kappa shape index (κ3) is 3.18. The molecular formula is C16H24N2O2. The number of hydrogen-bond donors (Lipinski definition) is 1. The number of nitrogens with zero attached hydrogens (tertiary/aromatic N) is 1. The molecule has 2 aliphatic rings. The fraction of sp³-hybridized carbons (Fsp3) is 0.625. The van der Waals surface area contributed by atoms with Crippen LogP contribution >= 0.6 is 0 Å². The molecule has 1 unspecified atom stereocenters. The van der Waals surface area contributed by atoms with Crippen molar-refractivity contribution >= 4 is 5.69 Å². The summed E-state index contributed by atoms with van der Waals surface area (Å²) in [4.78, 5) is 2.58. The van der Waals surface area contributed by atoms with Crippen molar-refractivity contribution in [2.75, 3.05) is 31.7 Å². The molecule has 20 heavy (non-hydrogen) atoms. The Bertz CT molecular complexity index is 450. The Balaban J connectivity index is 1.57. The third-order valence-electron chi connectivity index (χ3n) is 4.10. The van der Waals surface area contributed by atoms with Crippen LogP contribution in [-0.4, -0.2) is 37.4 Å². The minimum atomic E-state index is 0.341. The summed E-state index contributed by atoms with van der Waals surface area (Å²) < 4.78 is 10.8. The molecule has 0 bridgehead atoms. The van der Waals surface area contributed by atoms with Crippen LogP contribution in [0.3, 0.4) is 0 Å². The molecule has 1 saturated heterocycles. The molecule has 4 heteroatoms. The van der Waals surface area contributed by atoms with E-state index in [0.717, 1.165) is 17.2 Å². The lowest BCUT2D eigenvalue weighted by Gasteiger charge is -2.20. The second-order valence-electron chi connectivity index (χ2n) is 5.68. The summed E-state index contributed by atoms with van der Waals surface area (Å²) in [5.74, 6) is 1.71. The number of likely N-dealkylation sites (tertiary alicyclic amines) is 1. The van der Waals surface area contributed by atoms with Crippen LogP contribution in [0.1, 0.15) is 32.6 Å². The lowest BCUT2D eigenvalue weighted by molar-refractivity contribution is 0.174. The van der Waals surface area contributed by atoms with Crippen LogP contribution in [0, 0.1) is 0 Å². The van der Waals surface area contributed by atoms with Crippen LogP contribution in [0.5, 0.6) is 11.5 Å². The Kier molecular flexibility index (Phi) is 4.31. The SMILES string of the molecule is CCCN1CCCC(Nc2ccc3c(c2)OCO3)CC1. The van der Waals surface area contributed by atoms with E-state index in [1.54, 1.807) is 0 Å². The number of anilines is 1. The average molecular weight is 276 g/mol. The van der Waals surface area contributed by atoms with E-state index in [4.69, 9.17) is 9.47 Å². The highest BCUT2D eigenvalue weighted by atomic mass is 16.7. The zero-order valence-corrected chi connectivity index (χ0v) is 12.2. The molecule has 3 rings (SSSR count). The standard InChI is InChI=1S/C16H24N2O2/c1-2-8-18-9-3-4-13(7-10-18)17-14-5-6-15-16(11-14)20-12-19-15/h5-6,11,13,17H,2-4,7-10,12H2,1H3. The molecule has 1 fully saturated rings. The predicted octanol–water partition coefficient (Wildman–Crippen LogP) is 3.09. The quantitative estimate of drug-likeness (QED) is 0.916. The van der Waals surface area contributed by atoms with E-state index in [9.17, 15) is 0 Å². The maximum atomic E-state index is 5.43. The van der Waals surface area contributed by atoms with Crippen LogP contribution in [0.2, 0.25) is 0 Å². The molecule has 110 valence electrons. The first-order valence-electron chi connectivity index (χ1n) is 7.73. The van der Waals surface area contributed by atoms with E-state index < -0.39 is 0 Å². The van der Waals surface area contributed by atoms with Gasteiger partial charge in [-0.2, -0.15) is 0 Å². The van der Waals surface area contributed by atoms with Gasteiger partial charge in [0.05, 0.1) is 0 Å². The molecule has 0 aromatic heterocycles. The number of ether oxygens (including phenoxy) is 2. The summed E-state index contributed by atoms with van der Waals surface area (Å²) in [5, 5.41) is 3.65. The van der Waals surface area contributed by atoms with Crippen molar-refractivity contribution in [3.63, 3.8) is 0 Å². The van der Waals surface area contributed by atoms with Gasteiger partial charge in [0, 0.05) is 24.3 Å². The molecule has 1 atom stereocenters. The lowest BCUT2D eigenvalue weighted by Crippen LogP contribution is -2.27. The molecule has 0 spiro atoms. The van der Waals surface area contributed by atoms with Crippen molar-refractivity contribution in [3.05, 3.63) is 18.2 Å². The van der Waals surface area contributed by atoms with Gasteiger partial charge in [-0.15, -0.1) is 0 Å². The van der Waals surface area contributed by atoms with Gasteiger partial charge in [-0.05, 0) is 50.9 Å². The zero-order chi connectivity index (χ0) is 13.8. The van der Waals surface area contributed by atoms with E-state index >= 15 is 0 Å². The van der Waals surface area contributed by atoms with E-state index in [1.807, 2.05) is 6.07 Å². The zero-order valence-electron chi connectivity index (χ0n) is 12.2. The summed E-state index contributed by atoms with van der Waals surface area (Å²) in [6, 6.07) is 6.70.